The van der Waals surface area contributed by atoms with Gasteiger partial charge in [0.25, 0.3) is 11.8 Å². The van der Waals surface area contributed by atoms with Gasteiger partial charge in [-0.05, 0) is 60.3 Å². The standard InChI is InChI=1S/C23H30N2O3S/c1-5-14-6-9-16(10-7-14)28-13-19(26)25-22-20(21(24)27)17-11-8-15(23(2,3)4)12-18(17)29-22/h6-7,9-10,15H,5,8,11-13H2,1-4H3,(H2,24,27)(H,25,26). The van der Waals surface area contributed by atoms with Gasteiger partial charge in [-0.15, -0.1) is 11.3 Å². The third-order valence-corrected chi connectivity index (χ3v) is 6.86. The molecule has 2 aromatic rings. The summed E-state index contributed by atoms with van der Waals surface area (Å²) in [6.45, 7) is 8.72. The molecule has 0 saturated heterocycles. The van der Waals surface area contributed by atoms with E-state index in [0.717, 1.165) is 36.1 Å². The fourth-order valence-electron chi connectivity index (χ4n) is 3.81. The van der Waals surface area contributed by atoms with Crippen LogP contribution >= 0.6 is 11.3 Å². The first-order valence-corrected chi connectivity index (χ1v) is 11.0. The van der Waals surface area contributed by atoms with E-state index in [-0.39, 0.29) is 17.9 Å². The van der Waals surface area contributed by atoms with E-state index in [1.165, 1.54) is 16.9 Å². The topological polar surface area (TPSA) is 81.4 Å². The van der Waals surface area contributed by atoms with E-state index < -0.39 is 5.91 Å². The third-order valence-electron chi connectivity index (χ3n) is 5.69. The minimum Gasteiger partial charge on any atom is -0.484 e. The minimum atomic E-state index is -0.483. The van der Waals surface area contributed by atoms with Crippen molar-refractivity contribution in [1.29, 1.82) is 0 Å². The first-order chi connectivity index (χ1) is 13.7. The molecule has 156 valence electrons. The summed E-state index contributed by atoms with van der Waals surface area (Å²) in [5.74, 6) is 0.416. The molecule has 1 atom stereocenters. The summed E-state index contributed by atoms with van der Waals surface area (Å²) in [6, 6.07) is 7.68. The number of nitrogens with one attached hydrogen (secondary N) is 1. The van der Waals surface area contributed by atoms with Crippen molar-refractivity contribution >= 4 is 28.2 Å². The molecule has 1 aromatic carbocycles. The molecular formula is C23H30N2O3S. The van der Waals surface area contributed by atoms with E-state index in [1.54, 1.807) is 0 Å². The Morgan fingerprint density at radius 1 is 1.24 bits per heavy atom. The molecule has 3 rings (SSSR count). The Morgan fingerprint density at radius 2 is 1.93 bits per heavy atom. The lowest BCUT2D eigenvalue weighted by atomic mass is 9.72. The Bertz CT molecular complexity index is 894. The number of nitrogens with two attached hydrogens (primary N) is 1. The van der Waals surface area contributed by atoms with E-state index in [0.29, 0.717) is 22.2 Å². The Labute approximate surface area is 176 Å². The number of hydrogen-bond acceptors (Lipinski definition) is 4. The van der Waals surface area contributed by atoms with E-state index in [1.807, 2.05) is 24.3 Å². The van der Waals surface area contributed by atoms with Crippen molar-refractivity contribution in [1.82, 2.24) is 0 Å². The number of ether oxygens (including phenoxy) is 1. The van der Waals surface area contributed by atoms with Crippen molar-refractivity contribution in [2.24, 2.45) is 17.1 Å². The molecule has 2 amide bonds. The van der Waals surface area contributed by atoms with Gasteiger partial charge in [-0.25, -0.2) is 0 Å². The molecule has 0 saturated carbocycles. The van der Waals surface area contributed by atoms with Crippen LogP contribution in [0.25, 0.3) is 0 Å². The number of amides is 2. The molecule has 1 aromatic heterocycles. The average molecular weight is 415 g/mol. The summed E-state index contributed by atoms with van der Waals surface area (Å²) in [4.78, 5) is 25.7. The molecule has 1 aliphatic carbocycles. The molecule has 3 N–H and O–H groups in total. The van der Waals surface area contributed by atoms with Gasteiger partial charge in [0.1, 0.15) is 10.8 Å². The fraction of sp³-hybridized carbons (Fsp3) is 0.478. The van der Waals surface area contributed by atoms with Crippen LogP contribution in [0.2, 0.25) is 0 Å². The van der Waals surface area contributed by atoms with Crippen molar-refractivity contribution in [3.8, 4) is 5.75 Å². The molecule has 1 aliphatic rings. The smallest absolute Gasteiger partial charge is 0.262 e. The Balaban J connectivity index is 1.70. The lowest BCUT2D eigenvalue weighted by Gasteiger charge is -2.33. The van der Waals surface area contributed by atoms with Crippen LogP contribution in [0.4, 0.5) is 5.00 Å². The first-order valence-electron chi connectivity index (χ1n) is 10.1. The third kappa shape index (κ3) is 4.99. The first kappa shape index (κ1) is 21.4. The number of thiophene rings is 1. The molecule has 6 heteroatoms. The molecule has 29 heavy (non-hydrogen) atoms. The maximum Gasteiger partial charge on any atom is 0.262 e. The summed E-state index contributed by atoms with van der Waals surface area (Å²) < 4.78 is 5.58. The monoisotopic (exact) mass is 414 g/mol. The van der Waals surface area contributed by atoms with Crippen molar-refractivity contribution in [2.45, 2.75) is 53.4 Å². The highest BCUT2D eigenvalue weighted by atomic mass is 32.1. The van der Waals surface area contributed by atoms with Gasteiger partial charge in [-0.3, -0.25) is 9.59 Å². The largest absolute Gasteiger partial charge is 0.484 e. The maximum absolute atomic E-state index is 12.4. The number of fused-ring (bicyclic) bond motifs is 1. The number of aryl methyl sites for hydroxylation is 1. The predicted molar refractivity (Wildman–Crippen MR) is 118 cm³/mol. The molecular weight excluding hydrogens is 384 g/mol. The molecule has 0 spiro atoms. The van der Waals surface area contributed by atoms with Gasteiger partial charge in [0.05, 0.1) is 5.56 Å². The highest BCUT2D eigenvalue weighted by Gasteiger charge is 2.33. The Hall–Kier alpha value is -2.34. The second kappa shape index (κ2) is 8.57. The van der Waals surface area contributed by atoms with Crippen LogP contribution in [0.5, 0.6) is 5.75 Å². The van der Waals surface area contributed by atoms with Gasteiger partial charge in [-0.1, -0.05) is 39.8 Å². The van der Waals surface area contributed by atoms with Crippen LogP contribution < -0.4 is 15.8 Å². The maximum atomic E-state index is 12.4. The zero-order valence-corrected chi connectivity index (χ0v) is 18.4. The number of rotatable bonds is 6. The lowest BCUT2D eigenvalue weighted by molar-refractivity contribution is -0.118. The van der Waals surface area contributed by atoms with Gasteiger partial charge in [0.2, 0.25) is 0 Å². The van der Waals surface area contributed by atoms with Crippen molar-refractivity contribution < 1.29 is 14.3 Å². The van der Waals surface area contributed by atoms with Gasteiger partial charge in [0.15, 0.2) is 6.61 Å². The van der Waals surface area contributed by atoms with Crippen LogP contribution in [0.3, 0.4) is 0 Å². The van der Waals surface area contributed by atoms with Crippen LogP contribution in [0, 0.1) is 11.3 Å². The second-order valence-corrected chi connectivity index (χ2v) is 9.82. The SMILES string of the molecule is CCc1ccc(OCC(=O)Nc2sc3c(c2C(N)=O)CCC(C(C)(C)C)C3)cc1. The van der Waals surface area contributed by atoms with Crippen LogP contribution in [0.1, 0.15) is 60.5 Å². The number of hydrogen-bond donors (Lipinski definition) is 2. The van der Waals surface area contributed by atoms with Crippen molar-refractivity contribution in [2.75, 3.05) is 11.9 Å². The highest BCUT2D eigenvalue weighted by Crippen LogP contribution is 2.44. The zero-order valence-electron chi connectivity index (χ0n) is 17.6. The second-order valence-electron chi connectivity index (χ2n) is 8.71. The molecule has 0 aliphatic heterocycles. The van der Waals surface area contributed by atoms with Crippen molar-refractivity contribution in [3.63, 3.8) is 0 Å². The van der Waals surface area contributed by atoms with Crippen molar-refractivity contribution in [3.05, 3.63) is 45.8 Å². The normalized spacial score (nSPS) is 16.2. The highest BCUT2D eigenvalue weighted by molar-refractivity contribution is 7.17. The minimum absolute atomic E-state index is 0.114. The Morgan fingerprint density at radius 3 is 2.52 bits per heavy atom. The van der Waals surface area contributed by atoms with Crippen LogP contribution in [-0.2, 0) is 24.1 Å². The van der Waals surface area contributed by atoms with E-state index in [9.17, 15) is 9.59 Å². The van der Waals surface area contributed by atoms with E-state index in [2.05, 4.69) is 33.0 Å². The number of benzene rings is 1. The summed E-state index contributed by atoms with van der Waals surface area (Å²) in [5, 5.41) is 3.40. The molecule has 0 radical (unpaired) electrons. The zero-order chi connectivity index (χ0) is 21.2. The van der Waals surface area contributed by atoms with Gasteiger partial charge < -0.3 is 15.8 Å². The molecule has 0 bridgehead atoms. The number of primary amides is 1. The van der Waals surface area contributed by atoms with E-state index >= 15 is 0 Å². The summed E-state index contributed by atoms with van der Waals surface area (Å²) in [6.07, 6.45) is 3.72. The van der Waals surface area contributed by atoms with Gasteiger partial charge in [-0.2, -0.15) is 0 Å². The number of carbonyl (C=O) groups excluding carboxylic acids is 2. The molecule has 5 nitrogen and oxygen atoms in total. The quantitative estimate of drug-likeness (QED) is 0.726. The molecule has 0 fully saturated rings. The summed E-state index contributed by atoms with van der Waals surface area (Å²) in [5.41, 5.74) is 8.56. The van der Waals surface area contributed by atoms with Crippen LogP contribution in [0.15, 0.2) is 24.3 Å². The Kier molecular flexibility index (Phi) is 6.32. The van der Waals surface area contributed by atoms with Gasteiger partial charge >= 0.3 is 0 Å². The van der Waals surface area contributed by atoms with E-state index in [4.69, 9.17) is 10.5 Å². The fourth-order valence-corrected chi connectivity index (χ4v) is 5.16. The summed E-state index contributed by atoms with van der Waals surface area (Å²) in [7, 11) is 0. The molecule has 1 heterocycles. The molecule has 1 unspecified atom stereocenters. The van der Waals surface area contributed by atoms with Crippen LogP contribution in [-0.4, -0.2) is 18.4 Å². The average Bonchev–Trinajstić information content (AvgIpc) is 3.03. The number of anilines is 1. The van der Waals surface area contributed by atoms with Gasteiger partial charge in [0, 0.05) is 4.88 Å². The summed E-state index contributed by atoms with van der Waals surface area (Å²) >= 11 is 1.48. The number of carbonyl (C=O) groups is 2. The lowest BCUT2D eigenvalue weighted by Crippen LogP contribution is -2.27. The predicted octanol–water partition coefficient (Wildman–Crippen LogP) is 4.58.